The normalized spacial score (nSPS) is 27.7. The third-order valence-corrected chi connectivity index (χ3v) is 2.23. The van der Waals surface area contributed by atoms with E-state index in [1.165, 1.54) is 0 Å². The van der Waals surface area contributed by atoms with E-state index in [1.54, 1.807) is 0 Å². The first-order valence-corrected chi connectivity index (χ1v) is 4.23. The van der Waals surface area contributed by atoms with Gasteiger partial charge < -0.3 is 9.73 Å². The van der Waals surface area contributed by atoms with Crippen molar-refractivity contribution in [3.05, 3.63) is 23.7 Å². The van der Waals surface area contributed by atoms with Crippen molar-refractivity contribution in [2.24, 2.45) is 0 Å². The highest BCUT2D eigenvalue weighted by Crippen LogP contribution is 2.22. The van der Waals surface area contributed by atoms with Crippen LogP contribution >= 0.6 is 0 Å². The molecule has 1 aromatic heterocycles. The number of furan rings is 1. The topological polar surface area (TPSA) is 54.3 Å². The van der Waals surface area contributed by atoms with E-state index in [1.807, 2.05) is 26.0 Å². The Hall–Kier alpha value is -1.29. The molecule has 13 heavy (non-hydrogen) atoms. The van der Waals surface area contributed by atoms with Gasteiger partial charge in [0.05, 0.1) is 6.54 Å². The molecule has 1 amide bonds. The fourth-order valence-corrected chi connectivity index (χ4v) is 1.48. The summed E-state index contributed by atoms with van der Waals surface area (Å²) in [4.78, 5) is 11.0. The van der Waals surface area contributed by atoms with Crippen molar-refractivity contribution in [3.8, 4) is 0 Å². The van der Waals surface area contributed by atoms with E-state index in [0.717, 1.165) is 11.5 Å². The number of amides is 1. The lowest BCUT2D eigenvalue weighted by Crippen LogP contribution is -2.43. The van der Waals surface area contributed by atoms with Gasteiger partial charge in [0, 0.05) is 0 Å². The lowest BCUT2D eigenvalue weighted by atomic mass is 10.1. The molecule has 2 N–H and O–H groups in total. The number of rotatable bonds is 1. The van der Waals surface area contributed by atoms with Gasteiger partial charge in [-0.2, -0.15) is 0 Å². The number of hydrogen-bond donors (Lipinski definition) is 2. The van der Waals surface area contributed by atoms with Crippen LogP contribution in [0.3, 0.4) is 0 Å². The van der Waals surface area contributed by atoms with Gasteiger partial charge in [-0.05, 0) is 26.0 Å². The van der Waals surface area contributed by atoms with Crippen molar-refractivity contribution in [1.29, 1.82) is 0 Å². The number of nitrogens with one attached hydrogen (secondary N) is 2. The molecule has 70 valence electrons. The van der Waals surface area contributed by atoms with Crippen LogP contribution in [0.2, 0.25) is 0 Å². The van der Waals surface area contributed by atoms with Crippen molar-refractivity contribution in [2.45, 2.75) is 19.5 Å². The van der Waals surface area contributed by atoms with E-state index < -0.39 is 5.66 Å². The van der Waals surface area contributed by atoms with E-state index in [2.05, 4.69) is 10.6 Å². The minimum Gasteiger partial charge on any atom is -0.462 e. The monoisotopic (exact) mass is 180 g/mol. The lowest BCUT2D eigenvalue weighted by molar-refractivity contribution is -0.118. The van der Waals surface area contributed by atoms with Crippen molar-refractivity contribution in [2.75, 3.05) is 6.54 Å². The fourth-order valence-electron chi connectivity index (χ4n) is 1.48. The molecule has 1 unspecified atom stereocenters. The summed E-state index contributed by atoms with van der Waals surface area (Å²) in [6.07, 6.45) is 0. The highest BCUT2D eigenvalue weighted by atomic mass is 16.3. The van der Waals surface area contributed by atoms with Gasteiger partial charge in [0.1, 0.15) is 17.2 Å². The number of carbonyl (C=O) groups is 1. The molecule has 0 aliphatic carbocycles. The summed E-state index contributed by atoms with van der Waals surface area (Å²) in [5.74, 6) is 1.59. The number of hydrogen-bond acceptors (Lipinski definition) is 3. The number of carbonyl (C=O) groups excluding carboxylic acids is 1. The second kappa shape index (κ2) is 2.60. The molecule has 0 saturated carbocycles. The zero-order valence-corrected chi connectivity index (χ0v) is 7.68. The van der Waals surface area contributed by atoms with Gasteiger partial charge in [-0.3, -0.25) is 10.1 Å². The average molecular weight is 180 g/mol. The van der Waals surface area contributed by atoms with Crippen molar-refractivity contribution in [3.63, 3.8) is 0 Å². The van der Waals surface area contributed by atoms with Crippen molar-refractivity contribution < 1.29 is 9.21 Å². The Bertz CT molecular complexity index is 345. The van der Waals surface area contributed by atoms with Gasteiger partial charge in [0.25, 0.3) is 0 Å². The summed E-state index contributed by atoms with van der Waals surface area (Å²) in [5, 5.41) is 5.87. The fraction of sp³-hybridized carbons (Fsp3) is 0.444. The third kappa shape index (κ3) is 1.33. The molecule has 1 aromatic rings. The molecule has 1 fully saturated rings. The van der Waals surface area contributed by atoms with Crippen molar-refractivity contribution >= 4 is 5.91 Å². The van der Waals surface area contributed by atoms with Crippen LogP contribution in [-0.2, 0) is 10.5 Å². The van der Waals surface area contributed by atoms with E-state index in [-0.39, 0.29) is 5.91 Å². The largest absolute Gasteiger partial charge is 0.462 e. The predicted octanol–water partition coefficient (Wildman–Crippen LogP) is 0.480. The quantitative estimate of drug-likeness (QED) is 0.661. The second-order valence-electron chi connectivity index (χ2n) is 3.44. The van der Waals surface area contributed by atoms with E-state index in [9.17, 15) is 4.79 Å². The standard InChI is InChI=1S/C9H12N2O2/c1-6-3-4-7(13-6)9(2)10-5-8(12)11-9/h3-4,10H,5H2,1-2H3,(H,11,12). The summed E-state index contributed by atoms with van der Waals surface area (Å²) < 4.78 is 5.44. The van der Waals surface area contributed by atoms with Crippen LogP contribution in [0.25, 0.3) is 0 Å². The molecule has 1 aliphatic heterocycles. The molecule has 2 heterocycles. The summed E-state index contributed by atoms with van der Waals surface area (Å²) in [6.45, 7) is 4.11. The van der Waals surface area contributed by atoms with Crippen LogP contribution in [0.15, 0.2) is 16.5 Å². The highest BCUT2D eigenvalue weighted by molar-refractivity contribution is 5.81. The highest BCUT2D eigenvalue weighted by Gasteiger charge is 2.36. The van der Waals surface area contributed by atoms with Crippen LogP contribution in [0.4, 0.5) is 0 Å². The minimum atomic E-state index is -0.536. The Morgan fingerprint density at radius 3 is 2.77 bits per heavy atom. The van der Waals surface area contributed by atoms with E-state index >= 15 is 0 Å². The third-order valence-electron chi connectivity index (χ3n) is 2.23. The first-order chi connectivity index (χ1) is 6.10. The Morgan fingerprint density at radius 1 is 1.54 bits per heavy atom. The maximum atomic E-state index is 11.0. The molecule has 4 heteroatoms. The molecular formula is C9H12N2O2. The predicted molar refractivity (Wildman–Crippen MR) is 46.9 cm³/mol. The molecule has 1 aliphatic rings. The summed E-state index contributed by atoms with van der Waals surface area (Å²) in [5.41, 5.74) is -0.536. The maximum Gasteiger partial charge on any atom is 0.235 e. The van der Waals surface area contributed by atoms with Crippen LogP contribution < -0.4 is 10.6 Å². The number of aryl methyl sites for hydroxylation is 1. The van der Waals surface area contributed by atoms with Crippen LogP contribution in [-0.4, -0.2) is 12.5 Å². The van der Waals surface area contributed by atoms with E-state index in [0.29, 0.717) is 6.54 Å². The van der Waals surface area contributed by atoms with Gasteiger partial charge in [-0.1, -0.05) is 0 Å². The van der Waals surface area contributed by atoms with Crippen molar-refractivity contribution in [1.82, 2.24) is 10.6 Å². The van der Waals surface area contributed by atoms with Gasteiger partial charge in [-0.15, -0.1) is 0 Å². The molecule has 2 rings (SSSR count). The molecule has 0 spiro atoms. The first kappa shape index (κ1) is 8.31. The first-order valence-electron chi connectivity index (χ1n) is 4.23. The van der Waals surface area contributed by atoms with Gasteiger partial charge in [0.15, 0.2) is 0 Å². The lowest BCUT2D eigenvalue weighted by Gasteiger charge is -2.21. The second-order valence-corrected chi connectivity index (χ2v) is 3.44. The zero-order valence-electron chi connectivity index (χ0n) is 7.68. The molecule has 0 bridgehead atoms. The smallest absolute Gasteiger partial charge is 0.235 e. The molecule has 0 aromatic carbocycles. The molecule has 1 saturated heterocycles. The van der Waals surface area contributed by atoms with Gasteiger partial charge >= 0.3 is 0 Å². The Kier molecular flexibility index (Phi) is 1.66. The Labute approximate surface area is 76.3 Å². The molecule has 4 nitrogen and oxygen atoms in total. The molecule has 1 atom stereocenters. The maximum absolute atomic E-state index is 11.0. The minimum absolute atomic E-state index is 0.00319. The van der Waals surface area contributed by atoms with Crippen LogP contribution in [0.5, 0.6) is 0 Å². The molecular weight excluding hydrogens is 168 g/mol. The van der Waals surface area contributed by atoms with Gasteiger partial charge in [0.2, 0.25) is 5.91 Å². The SMILES string of the molecule is Cc1ccc(C2(C)NCC(=O)N2)o1. The van der Waals surface area contributed by atoms with Gasteiger partial charge in [-0.25, -0.2) is 0 Å². The van der Waals surface area contributed by atoms with Crippen LogP contribution in [0, 0.1) is 6.92 Å². The Morgan fingerprint density at radius 2 is 2.31 bits per heavy atom. The summed E-state index contributed by atoms with van der Waals surface area (Å²) in [6, 6.07) is 3.75. The van der Waals surface area contributed by atoms with Crippen LogP contribution in [0.1, 0.15) is 18.4 Å². The average Bonchev–Trinajstić information content (AvgIpc) is 2.60. The molecule has 0 radical (unpaired) electrons. The summed E-state index contributed by atoms with van der Waals surface area (Å²) in [7, 11) is 0. The Balaban J connectivity index is 2.30. The van der Waals surface area contributed by atoms with E-state index in [4.69, 9.17) is 4.42 Å². The zero-order chi connectivity index (χ0) is 9.47. The summed E-state index contributed by atoms with van der Waals surface area (Å²) >= 11 is 0.